The smallest absolute Gasteiger partial charge is 0.170 e. The van der Waals surface area contributed by atoms with E-state index in [2.05, 4.69) is 5.10 Å². The standard InChI is InChI=1S/C13H12Cl2N2O/c1-8-5-10(17(2)16-8)7-13(18)11-4-3-9(14)6-12(11)15/h3-6H,7H2,1-2H3. The number of ketones is 1. The quantitative estimate of drug-likeness (QED) is 0.808. The van der Waals surface area contributed by atoms with Crippen LogP contribution in [0, 0.1) is 6.92 Å². The molecule has 1 heterocycles. The van der Waals surface area contributed by atoms with Crippen LogP contribution in [-0.4, -0.2) is 15.6 Å². The van der Waals surface area contributed by atoms with Gasteiger partial charge in [-0.3, -0.25) is 9.48 Å². The molecule has 0 unspecified atom stereocenters. The zero-order valence-corrected chi connectivity index (χ0v) is 11.6. The molecule has 0 aliphatic rings. The van der Waals surface area contributed by atoms with Crippen molar-refractivity contribution in [3.63, 3.8) is 0 Å². The van der Waals surface area contributed by atoms with Gasteiger partial charge in [-0.15, -0.1) is 0 Å². The van der Waals surface area contributed by atoms with Crippen LogP contribution in [0.1, 0.15) is 21.7 Å². The molecule has 1 aromatic heterocycles. The number of aromatic nitrogens is 2. The van der Waals surface area contributed by atoms with Gasteiger partial charge in [0.2, 0.25) is 0 Å². The van der Waals surface area contributed by atoms with E-state index in [4.69, 9.17) is 23.2 Å². The highest BCUT2D eigenvalue weighted by atomic mass is 35.5. The van der Waals surface area contributed by atoms with Crippen molar-refractivity contribution < 1.29 is 4.79 Å². The number of carbonyl (C=O) groups excluding carboxylic acids is 1. The summed E-state index contributed by atoms with van der Waals surface area (Å²) in [5.41, 5.74) is 2.24. The first kappa shape index (κ1) is 13.1. The van der Waals surface area contributed by atoms with Gasteiger partial charge in [0.05, 0.1) is 17.1 Å². The molecule has 0 bridgehead atoms. The highest BCUT2D eigenvalue weighted by Gasteiger charge is 2.14. The van der Waals surface area contributed by atoms with Crippen LogP contribution in [0.5, 0.6) is 0 Å². The Morgan fingerprint density at radius 1 is 1.33 bits per heavy atom. The summed E-state index contributed by atoms with van der Waals surface area (Å²) in [6.45, 7) is 1.89. The third-order valence-electron chi connectivity index (χ3n) is 2.67. The van der Waals surface area contributed by atoms with Crippen molar-refractivity contribution in [2.75, 3.05) is 0 Å². The molecule has 0 amide bonds. The average Bonchev–Trinajstić information content (AvgIpc) is 2.57. The minimum Gasteiger partial charge on any atom is -0.294 e. The third kappa shape index (κ3) is 2.74. The average molecular weight is 283 g/mol. The van der Waals surface area contributed by atoms with Crippen molar-refractivity contribution in [1.29, 1.82) is 0 Å². The number of halogens is 2. The van der Waals surface area contributed by atoms with Crippen LogP contribution >= 0.6 is 23.2 Å². The molecular weight excluding hydrogens is 271 g/mol. The lowest BCUT2D eigenvalue weighted by Crippen LogP contribution is -2.08. The number of Topliss-reactive ketones (excluding diaryl/α,β-unsaturated/α-hetero) is 1. The second-order valence-corrected chi connectivity index (χ2v) is 4.97. The Morgan fingerprint density at radius 3 is 2.61 bits per heavy atom. The molecule has 3 nitrogen and oxygen atoms in total. The maximum Gasteiger partial charge on any atom is 0.170 e. The fourth-order valence-electron chi connectivity index (χ4n) is 1.81. The van der Waals surface area contributed by atoms with Crippen molar-refractivity contribution >= 4 is 29.0 Å². The van der Waals surface area contributed by atoms with E-state index in [-0.39, 0.29) is 12.2 Å². The van der Waals surface area contributed by atoms with E-state index in [9.17, 15) is 4.79 Å². The number of aryl methyl sites for hydroxylation is 2. The highest BCUT2D eigenvalue weighted by Crippen LogP contribution is 2.22. The molecule has 0 aliphatic heterocycles. The summed E-state index contributed by atoms with van der Waals surface area (Å²) in [4.78, 5) is 12.1. The van der Waals surface area contributed by atoms with Gasteiger partial charge in [-0.2, -0.15) is 5.10 Å². The lowest BCUT2D eigenvalue weighted by atomic mass is 10.1. The Labute approximate surface area is 115 Å². The van der Waals surface area contributed by atoms with Gasteiger partial charge in [0.15, 0.2) is 5.78 Å². The molecule has 0 spiro atoms. The first-order valence-electron chi connectivity index (χ1n) is 5.45. The molecule has 94 valence electrons. The maximum absolute atomic E-state index is 12.1. The third-order valence-corrected chi connectivity index (χ3v) is 3.22. The van der Waals surface area contributed by atoms with Crippen LogP contribution in [0.2, 0.25) is 10.0 Å². The van der Waals surface area contributed by atoms with E-state index in [0.717, 1.165) is 11.4 Å². The lowest BCUT2D eigenvalue weighted by Gasteiger charge is -2.04. The minimum absolute atomic E-state index is 0.0420. The molecule has 0 fully saturated rings. The molecule has 1 aromatic carbocycles. The molecule has 2 rings (SSSR count). The Hall–Kier alpha value is -1.32. The predicted molar refractivity (Wildman–Crippen MR) is 72.4 cm³/mol. The topological polar surface area (TPSA) is 34.9 Å². The zero-order chi connectivity index (χ0) is 13.3. The van der Waals surface area contributed by atoms with Crippen molar-refractivity contribution in [3.8, 4) is 0 Å². The van der Waals surface area contributed by atoms with E-state index in [0.29, 0.717) is 15.6 Å². The van der Waals surface area contributed by atoms with Crippen LogP contribution in [0.15, 0.2) is 24.3 Å². The van der Waals surface area contributed by atoms with Crippen LogP contribution in [0.4, 0.5) is 0 Å². The molecule has 0 radical (unpaired) electrons. The van der Waals surface area contributed by atoms with Gasteiger partial charge in [0.25, 0.3) is 0 Å². The molecule has 0 N–H and O–H groups in total. The van der Waals surface area contributed by atoms with Crippen molar-refractivity contribution in [2.24, 2.45) is 7.05 Å². The van der Waals surface area contributed by atoms with Gasteiger partial charge in [0.1, 0.15) is 0 Å². The summed E-state index contributed by atoms with van der Waals surface area (Å²) < 4.78 is 1.71. The van der Waals surface area contributed by atoms with Gasteiger partial charge in [-0.1, -0.05) is 23.2 Å². The van der Waals surface area contributed by atoms with Crippen molar-refractivity contribution in [2.45, 2.75) is 13.3 Å². The fourth-order valence-corrected chi connectivity index (χ4v) is 2.32. The molecule has 0 aliphatic carbocycles. The normalized spacial score (nSPS) is 10.7. The summed E-state index contributed by atoms with van der Waals surface area (Å²) in [5.74, 6) is -0.0420. The largest absolute Gasteiger partial charge is 0.294 e. The van der Waals surface area contributed by atoms with Crippen LogP contribution < -0.4 is 0 Å². The monoisotopic (exact) mass is 282 g/mol. The summed E-state index contributed by atoms with van der Waals surface area (Å²) in [6, 6.07) is 6.78. The number of carbonyl (C=O) groups is 1. The van der Waals surface area contributed by atoms with E-state index in [1.165, 1.54) is 0 Å². The Kier molecular flexibility index (Phi) is 3.73. The molecule has 2 aromatic rings. The lowest BCUT2D eigenvalue weighted by molar-refractivity contribution is 0.0991. The zero-order valence-electron chi connectivity index (χ0n) is 10.1. The molecule has 5 heteroatoms. The molecule has 0 saturated heterocycles. The van der Waals surface area contributed by atoms with Gasteiger partial charge in [-0.25, -0.2) is 0 Å². The van der Waals surface area contributed by atoms with E-state index in [1.54, 1.807) is 22.9 Å². The van der Waals surface area contributed by atoms with E-state index >= 15 is 0 Å². The summed E-state index contributed by atoms with van der Waals surface area (Å²) in [7, 11) is 1.82. The minimum atomic E-state index is -0.0420. The summed E-state index contributed by atoms with van der Waals surface area (Å²) >= 11 is 11.8. The van der Waals surface area contributed by atoms with Crippen LogP contribution in [0.3, 0.4) is 0 Å². The van der Waals surface area contributed by atoms with Crippen molar-refractivity contribution in [3.05, 3.63) is 51.3 Å². The number of benzene rings is 1. The summed E-state index contributed by atoms with van der Waals surface area (Å²) in [5, 5.41) is 5.11. The first-order valence-corrected chi connectivity index (χ1v) is 6.20. The Balaban J connectivity index is 2.24. The van der Waals surface area contributed by atoms with Crippen molar-refractivity contribution in [1.82, 2.24) is 9.78 Å². The predicted octanol–water partition coefficient (Wildman–Crippen LogP) is 3.46. The van der Waals surface area contributed by atoms with Gasteiger partial charge < -0.3 is 0 Å². The van der Waals surface area contributed by atoms with Gasteiger partial charge >= 0.3 is 0 Å². The molecular formula is C13H12Cl2N2O. The molecule has 0 saturated carbocycles. The van der Waals surface area contributed by atoms with Gasteiger partial charge in [-0.05, 0) is 31.2 Å². The fraction of sp³-hybridized carbons (Fsp3) is 0.231. The Bertz CT molecular complexity index is 605. The second-order valence-electron chi connectivity index (χ2n) is 4.12. The van der Waals surface area contributed by atoms with Crippen LogP contribution in [-0.2, 0) is 13.5 Å². The first-order chi connectivity index (χ1) is 8.47. The number of rotatable bonds is 3. The number of nitrogens with zero attached hydrogens (tertiary/aromatic N) is 2. The second kappa shape index (κ2) is 5.12. The van der Waals surface area contributed by atoms with Gasteiger partial charge in [0, 0.05) is 23.3 Å². The SMILES string of the molecule is Cc1cc(CC(=O)c2ccc(Cl)cc2Cl)n(C)n1. The molecule has 0 atom stereocenters. The molecule has 18 heavy (non-hydrogen) atoms. The summed E-state index contributed by atoms with van der Waals surface area (Å²) in [6.07, 6.45) is 0.276. The number of hydrogen-bond acceptors (Lipinski definition) is 2. The Morgan fingerprint density at radius 2 is 2.06 bits per heavy atom. The van der Waals surface area contributed by atoms with Crippen LogP contribution in [0.25, 0.3) is 0 Å². The maximum atomic E-state index is 12.1. The number of hydrogen-bond donors (Lipinski definition) is 0. The highest BCUT2D eigenvalue weighted by molar-refractivity contribution is 6.36. The van der Waals surface area contributed by atoms with E-state index < -0.39 is 0 Å². The van der Waals surface area contributed by atoms with E-state index in [1.807, 2.05) is 20.0 Å².